The maximum absolute atomic E-state index is 12.0. The zero-order chi connectivity index (χ0) is 15.1. The maximum Gasteiger partial charge on any atom is 0.251 e. The van der Waals surface area contributed by atoms with Gasteiger partial charge in [-0.1, -0.05) is 12.1 Å². The smallest absolute Gasteiger partial charge is 0.251 e. The number of rotatable bonds is 7. The SMILES string of the molecule is COCc1ccc(C(=O)NCCCc2cn[nH]c2C)cc1. The van der Waals surface area contributed by atoms with Crippen LogP contribution in [0.25, 0.3) is 0 Å². The molecular weight excluding hydrogens is 266 g/mol. The first kappa shape index (κ1) is 15.3. The predicted octanol–water partition coefficient (Wildman–Crippen LogP) is 2.23. The third-order valence-electron chi connectivity index (χ3n) is 3.37. The summed E-state index contributed by atoms with van der Waals surface area (Å²) in [6.07, 6.45) is 3.65. The highest BCUT2D eigenvalue weighted by Crippen LogP contribution is 2.07. The number of aromatic nitrogens is 2. The van der Waals surface area contributed by atoms with Crippen LogP contribution in [0, 0.1) is 6.92 Å². The van der Waals surface area contributed by atoms with Crippen LogP contribution in [0.5, 0.6) is 0 Å². The van der Waals surface area contributed by atoms with Crippen LogP contribution in [0.3, 0.4) is 0 Å². The standard InChI is InChI=1S/C16H21N3O2/c1-12-15(10-18-19-12)4-3-9-17-16(20)14-7-5-13(6-8-14)11-21-2/h5-8,10H,3-4,9,11H2,1-2H3,(H,17,20)(H,18,19). The Labute approximate surface area is 124 Å². The second-order valence-corrected chi connectivity index (χ2v) is 5.01. The average Bonchev–Trinajstić information content (AvgIpc) is 2.90. The molecule has 21 heavy (non-hydrogen) atoms. The van der Waals surface area contributed by atoms with E-state index >= 15 is 0 Å². The molecule has 5 heteroatoms. The molecule has 0 unspecified atom stereocenters. The summed E-state index contributed by atoms with van der Waals surface area (Å²) < 4.78 is 5.04. The lowest BCUT2D eigenvalue weighted by Crippen LogP contribution is -2.24. The maximum atomic E-state index is 12.0. The Kier molecular flexibility index (Phi) is 5.51. The van der Waals surface area contributed by atoms with Gasteiger partial charge in [-0.3, -0.25) is 9.89 Å². The van der Waals surface area contributed by atoms with Gasteiger partial charge < -0.3 is 10.1 Å². The van der Waals surface area contributed by atoms with E-state index in [-0.39, 0.29) is 5.91 Å². The van der Waals surface area contributed by atoms with Crippen LogP contribution in [-0.4, -0.2) is 29.8 Å². The normalized spacial score (nSPS) is 10.6. The van der Waals surface area contributed by atoms with Gasteiger partial charge in [0.25, 0.3) is 5.91 Å². The van der Waals surface area contributed by atoms with Crippen molar-refractivity contribution in [2.45, 2.75) is 26.4 Å². The lowest BCUT2D eigenvalue weighted by atomic mass is 10.1. The van der Waals surface area contributed by atoms with Crippen molar-refractivity contribution < 1.29 is 9.53 Å². The number of H-pyrrole nitrogens is 1. The molecule has 0 atom stereocenters. The Hall–Kier alpha value is -2.14. The molecule has 1 heterocycles. The minimum absolute atomic E-state index is 0.0390. The average molecular weight is 287 g/mol. The molecule has 1 aromatic carbocycles. The second kappa shape index (κ2) is 7.59. The van der Waals surface area contributed by atoms with Crippen molar-refractivity contribution >= 4 is 5.91 Å². The number of amides is 1. The third-order valence-corrected chi connectivity index (χ3v) is 3.37. The Morgan fingerprint density at radius 2 is 2.10 bits per heavy atom. The number of aryl methyl sites for hydroxylation is 2. The predicted molar refractivity (Wildman–Crippen MR) is 81.1 cm³/mol. The number of hydrogen-bond acceptors (Lipinski definition) is 3. The number of nitrogens with one attached hydrogen (secondary N) is 2. The van der Waals surface area contributed by atoms with Crippen LogP contribution in [0.4, 0.5) is 0 Å². The van der Waals surface area contributed by atoms with E-state index in [2.05, 4.69) is 15.5 Å². The van der Waals surface area contributed by atoms with E-state index in [4.69, 9.17) is 4.74 Å². The van der Waals surface area contributed by atoms with Crippen molar-refractivity contribution in [2.75, 3.05) is 13.7 Å². The van der Waals surface area contributed by atoms with Crippen molar-refractivity contribution in [3.05, 3.63) is 52.8 Å². The molecule has 112 valence electrons. The second-order valence-electron chi connectivity index (χ2n) is 5.01. The van der Waals surface area contributed by atoms with Crippen molar-refractivity contribution in [1.29, 1.82) is 0 Å². The number of methoxy groups -OCH3 is 1. The van der Waals surface area contributed by atoms with Gasteiger partial charge >= 0.3 is 0 Å². The van der Waals surface area contributed by atoms with E-state index in [0.29, 0.717) is 18.7 Å². The van der Waals surface area contributed by atoms with Gasteiger partial charge in [0.1, 0.15) is 0 Å². The van der Waals surface area contributed by atoms with E-state index in [1.807, 2.05) is 37.4 Å². The van der Waals surface area contributed by atoms with Crippen molar-refractivity contribution in [1.82, 2.24) is 15.5 Å². The minimum atomic E-state index is -0.0390. The summed E-state index contributed by atoms with van der Waals surface area (Å²) in [6.45, 7) is 3.22. The molecule has 1 aromatic heterocycles. The van der Waals surface area contributed by atoms with Crippen LogP contribution in [0.1, 0.15) is 33.6 Å². The summed E-state index contributed by atoms with van der Waals surface area (Å²) >= 11 is 0. The van der Waals surface area contributed by atoms with Gasteiger partial charge in [0, 0.05) is 24.9 Å². The van der Waals surface area contributed by atoms with Crippen molar-refractivity contribution in [3.8, 4) is 0 Å². The summed E-state index contributed by atoms with van der Waals surface area (Å²) in [5, 5.41) is 9.83. The number of nitrogens with zero attached hydrogens (tertiary/aromatic N) is 1. The highest BCUT2D eigenvalue weighted by Gasteiger charge is 2.05. The van der Waals surface area contributed by atoms with E-state index in [1.54, 1.807) is 7.11 Å². The quantitative estimate of drug-likeness (QED) is 0.767. The first-order valence-electron chi connectivity index (χ1n) is 7.05. The van der Waals surface area contributed by atoms with Crippen LogP contribution in [-0.2, 0) is 17.8 Å². The molecule has 2 rings (SSSR count). The minimum Gasteiger partial charge on any atom is -0.380 e. The number of aromatic amines is 1. The van der Waals surface area contributed by atoms with Crippen LogP contribution >= 0.6 is 0 Å². The fourth-order valence-electron chi connectivity index (χ4n) is 2.13. The summed E-state index contributed by atoms with van der Waals surface area (Å²) in [4.78, 5) is 12.0. The fourth-order valence-corrected chi connectivity index (χ4v) is 2.13. The molecule has 0 fully saturated rings. The molecule has 0 saturated heterocycles. The van der Waals surface area contributed by atoms with E-state index in [9.17, 15) is 4.79 Å². The molecule has 2 N–H and O–H groups in total. The first-order valence-corrected chi connectivity index (χ1v) is 7.05. The van der Waals surface area contributed by atoms with Gasteiger partial charge in [0.05, 0.1) is 12.8 Å². The van der Waals surface area contributed by atoms with Crippen LogP contribution in [0.2, 0.25) is 0 Å². The topological polar surface area (TPSA) is 67.0 Å². The summed E-state index contributed by atoms with van der Waals surface area (Å²) in [5.41, 5.74) is 4.03. The van der Waals surface area contributed by atoms with Crippen LogP contribution < -0.4 is 5.32 Å². The Balaban J connectivity index is 1.75. The van der Waals surface area contributed by atoms with Gasteiger partial charge in [-0.25, -0.2) is 0 Å². The number of hydrogen-bond donors (Lipinski definition) is 2. The molecule has 0 aliphatic rings. The van der Waals surface area contributed by atoms with E-state index < -0.39 is 0 Å². The molecule has 1 amide bonds. The van der Waals surface area contributed by atoms with Crippen molar-refractivity contribution in [2.24, 2.45) is 0 Å². The van der Waals surface area contributed by atoms with E-state index in [1.165, 1.54) is 5.56 Å². The van der Waals surface area contributed by atoms with Crippen LogP contribution in [0.15, 0.2) is 30.5 Å². The van der Waals surface area contributed by atoms with Gasteiger partial charge in [-0.05, 0) is 43.0 Å². The highest BCUT2D eigenvalue weighted by molar-refractivity contribution is 5.94. The van der Waals surface area contributed by atoms with Crippen molar-refractivity contribution in [3.63, 3.8) is 0 Å². The number of carbonyl (C=O) groups is 1. The van der Waals surface area contributed by atoms with Gasteiger partial charge in [-0.15, -0.1) is 0 Å². The largest absolute Gasteiger partial charge is 0.380 e. The highest BCUT2D eigenvalue weighted by atomic mass is 16.5. The Morgan fingerprint density at radius 1 is 1.33 bits per heavy atom. The fraction of sp³-hybridized carbons (Fsp3) is 0.375. The van der Waals surface area contributed by atoms with E-state index in [0.717, 1.165) is 24.1 Å². The third kappa shape index (κ3) is 4.43. The Bertz CT molecular complexity index is 575. The summed E-state index contributed by atoms with van der Waals surface area (Å²) in [7, 11) is 1.66. The molecule has 0 saturated carbocycles. The molecular formula is C16H21N3O2. The lowest BCUT2D eigenvalue weighted by Gasteiger charge is -2.06. The molecule has 0 aliphatic carbocycles. The summed E-state index contributed by atoms with van der Waals surface area (Å²) in [5.74, 6) is -0.0390. The molecule has 0 aliphatic heterocycles. The number of carbonyl (C=O) groups excluding carboxylic acids is 1. The molecule has 2 aromatic rings. The molecule has 0 bridgehead atoms. The lowest BCUT2D eigenvalue weighted by molar-refractivity contribution is 0.0953. The monoisotopic (exact) mass is 287 g/mol. The van der Waals surface area contributed by atoms with Gasteiger partial charge in [0.15, 0.2) is 0 Å². The first-order chi connectivity index (χ1) is 10.2. The Morgan fingerprint density at radius 3 is 2.71 bits per heavy atom. The molecule has 0 spiro atoms. The number of ether oxygens (including phenoxy) is 1. The summed E-state index contributed by atoms with van der Waals surface area (Å²) in [6, 6.07) is 7.47. The molecule has 5 nitrogen and oxygen atoms in total. The zero-order valence-electron chi connectivity index (χ0n) is 12.5. The number of benzene rings is 1. The van der Waals surface area contributed by atoms with Gasteiger partial charge in [0.2, 0.25) is 0 Å². The van der Waals surface area contributed by atoms with Gasteiger partial charge in [-0.2, -0.15) is 5.10 Å². The zero-order valence-corrected chi connectivity index (χ0v) is 12.5. The molecule has 0 radical (unpaired) electrons.